The van der Waals surface area contributed by atoms with E-state index in [4.69, 9.17) is 4.74 Å². The highest BCUT2D eigenvalue weighted by Crippen LogP contribution is 2.19. The zero-order valence-electron chi connectivity index (χ0n) is 13.1. The molecule has 0 aromatic rings. The summed E-state index contributed by atoms with van der Waals surface area (Å²) >= 11 is 0. The zero-order chi connectivity index (χ0) is 14.5. The fraction of sp³-hybridized carbons (Fsp3) is 0.933. The average Bonchev–Trinajstić information content (AvgIpc) is 2.25. The van der Waals surface area contributed by atoms with Crippen molar-refractivity contribution in [1.29, 1.82) is 0 Å². The molecule has 1 saturated carbocycles. The van der Waals surface area contributed by atoms with Crippen LogP contribution in [0.15, 0.2) is 0 Å². The van der Waals surface area contributed by atoms with Crippen LogP contribution in [0.4, 0.5) is 4.79 Å². The number of carbonyl (C=O) groups is 1. The Balaban J connectivity index is 2.21. The highest BCUT2D eigenvalue weighted by atomic mass is 16.6. The van der Waals surface area contributed by atoms with Gasteiger partial charge in [0.15, 0.2) is 0 Å². The van der Waals surface area contributed by atoms with E-state index in [0.717, 1.165) is 32.2 Å². The smallest absolute Gasteiger partial charge is 0.407 e. The predicted octanol–water partition coefficient (Wildman–Crippen LogP) is 3.07. The fourth-order valence-electron chi connectivity index (χ4n) is 2.32. The lowest BCUT2D eigenvalue weighted by molar-refractivity contribution is 0.0489. The minimum absolute atomic E-state index is 0.270. The molecule has 4 heteroatoms. The Labute approximate surface area is 117 Å². The average molecular weight is 270 g/mol. The first-order valence-corrected chi connectivity index (χ1v) is 7.49. The van der Waals surface area contributed by atoms with Crippen molar-refractivity contribution >= 4 is 6.09 Å². The minimum Gasteiger partial charge on any atom is -0.444 e. The van der Waals surface area contributed by atoms with E-state index in [0.29, 0.717) is 12.0 Å². The Morgan fingerprint density at radius 1 is 1.16 bits per heavy atom. The van der Waals surface area contributed by atoms with E-state index in [1.165, 1.54) is 0 Å². The number of ether oxygens (including phenoxy) is 1. The van der Waals surface area contributed by atoms with Gasteiger partial charge < -0.3 is 15.4 Å². The molecule has 4 nitrogen and oxygen atoms in total. The molecule has 1 amide bonds. The summed E-state index contributed by atoms with van der Waals surface area (Å²) in [6.07, 6.45) is 4.05. The lowest BCUT2D eigenvalue weighted by Gasteiger charge is -2.31. The Hall–Kier alpha value is -0.770. The van der Waals surface area contributed by atoms with E-state index in [-0.39, 0.29) is 12.1 Å². The number of nitrogens with one attached hydrogen (secondary N) is 2. The second-order valence-electron chi connectivity index (χ2n) is 7.00. The lowest BCUT2D eigenvalue weighted by atomic mass is 9.91. The normalized spacial score (nSPS) is 24.3. The highest BCUT2D eigenvalue weighted by Gasteiger charge is 2.24. The summed E-state index contributed by atoms with van der Waals surface area (Å²) in [5.41, 5.74) is -0.417. The zero-order valence-corrected chi connectivity index (χ0v) is 13.1. The van der Waals surface area contributed by atoms with Crippen molar-refractivity contribution in [2.75, 3.05) is 6.54 Å². The van der Waals surface area contributed by atoms with Gasteiger partial charge in [-0.05, 0) is 58.9 Å². The van der Waals surface area contributed by atoms with Crippen LogP contribution in [0.25, 0.3) is 0 Å². The van der Waals surface area contributed by atoms with Gasteiger partial charge in [0.2, 0.25) is 0 Å². The van der Waals surface area contributed by atoms with E-state index in [1.807, 2.05) is 20.8 Å². The molecule has 0 spiro atoms. The van der Waals surface area contributed by atoms with Crippen LogP contribution in [-0.4, -0.2) is 30.3 Å². The summed E-state index contributed by atoms with van der Waals surface area (Å²) in [7, 11) is 0. The molecule has 1 aliphatic carbocycles. The Bertz CT molecular complexity index is 276. The highest BCUT2D eigenvalue weighted by molar-refractivity contribution is 5.68. The van der Waals surface area contributed by atoms with Crippen molar-refractivity contribution < 1.29 is 9.53 Å². The third-order valence-electron chi connectivity index (χ3n) is 3.26. The summed E-state index contributed by atoms with van der Waals surface area (Å²) in [5.74, 6) is 0.692. The maximum atomic E-state index is 11.7. The molecule has 0 heterocycles. The van der Waals surface area contributed by atoms with Crippen LogP contribution in [0.1, 0.15) is 60.3 Å². The molecular weight excluding hydrogens is 240 g/mol. The van der Waals surface area contributed by atoms with Crippen LogP contribution in [-0.2, 0) is 4.74 Å². The summed E-state index contributed by atoms with van der Waals surface area (Å²) in [4.78, 5) is 11.7. The van der Waals surface area contributed by atoms with Gasteiger partial charge in [-0.25, -0.2) is 4.79 Å². The van der Waals surface area contributed by atoms with E-state index < -0.39 is 5.60 Å². The predicted molar refractivity (Wildman–Crippen MR) is 78.3 cm³/mol. The molecular formula is C15H30N2O2. The third-order valence-corrected chi connectivity index (χ3v) is 3.26. The van der Waals surface area contributed by atoms with Crippen molar-refractivity contribution in [2.24, 2.45) is 5.92 Å². The number of alkyl carbamates (subject to hydrolysis) is 1. The number of rotatable bonds is 4. The van der Waals surface area contributed by atoms with Gasteiger partial charge in [0.1, 0.15) is 5.60 Å². The van der Waals surface area contributed by atoms with Gasteiger partial charge in [0.05, 0.1) is 0 Å². The lowest BCUT2D eigenvalue weighted by Crippen LogP contribution is -2.44. The van der Waals surface area contributed by atoms with Crippen LogP contribution >= 0.6 is 0 Å². The molecule has 0 aromatic heterocycles. The number of carbonyl (C=O) groups excluding carboxylic acids is 1. The first-order chi connectivity index (χ1) is 8.76. The molecule has 0 radical (unpaired) electrons. The van der Waals surface area contributed by atoms with Crippen molar-refractivity contribution in [3.05, 3.63) is 0 Å². The largest absolute Gasteiger partial charge is 0.444 e. The van der Waals surface area contributed by atoms with Gasteiger partial charge in [0, 0.05) is 12.1 Å². The minimum atomic E-state index is -0.417. The van der Waals surface area contributed by atoms with E-state index in [9.17, 15) is 4.79 Å². The second-order valence-corrected chi connectivity index (χ2v) is 7.00. The Morgan fingerprint density at radius 3 is 2.16 bits per heavy atom. The quantitative estimate of drug-likeness (QED) is 0.825. The van der Waals surface area contributed by atoms with E-state index >= 15 is 0 Å². The molecule has 1 fully saturated rings. The van der Waals surface area contributed by atoms with Gasteiger partial charge in [-0.1, -0.05) is 13.8 Å². The first kappa shape index (κ1) is 16.3. The molecule has 2 N–H and O–H groups in total. The molecule has 1 aliphatic rings. The number of amides is 1. The molecule has 0 bridgehead atoms. The molecule has 19 heavy (non-hydrogen) atoms. The van der Waals surface area contributed by atoms with E-state index in [2.05, 4.69) is 24.5 Å². The molecule has 0 aromatic carbocycles. The number of hydrogen-bond donors (Lipinski definition) is 2. The van der Waals surface area contributed by atoms with Crippen molar-refractivity contribution in [3.63, 3.8) is 0 Å². The molecule has 0 saturated heterocycles. The van der Waals surface area contributed by atoms with Gasteiger partial charge in [0.25, 0.3) is 0 Å². The van der Waals surface area contributed by atoms with Gasteiger partial charge in [-0.3, -0.25) is 0 Å². The standard InChI is InChI=1S/C15H30N2O2/c1-11(2)10-16-12-6-8-13(9-7-12)17-14(18)19-15(3,4)5/h11-13,16H,6-10H2,1-5H3,(H,17,18). The molecule has 112 valence electrons. The maximum absolute atomic E-state index is 11.7. The Morgan fingerprint density at radius 2 is 1.68 bits per heavy atom. The fourth-order valence-corrected chi connectivity index (χ4v) is 2.32. The van der Waals surface area contributed by atoms with Crippen LogP contribution in [0, 0.1) is 5.92 Å². The summed E-state index contributed by atoms with van der Waals surface area (Å²) in [5, 5.41) is 6.56. The summed E-state index contributed by atoms with van der Waals surface area (Å²) < 4.78 is 5.28. The van der Waals surface area contributed by atoms with Gasteiger partial charge in [-0.15, -0.1) is 0 Å². The first-order valence-electron chi connectivity index (χ1n) is 7.49. The molecule has 0 aliphatic heterocycles. The molecule has 1 rings (SSSR count). The Kier molecular flexibility index (Phi) is 6.11. The SMILES string of the molecule is CC(C)CNC1CCC(NC(=O)OC(C)(C)C)CC1. The van der Waals surface area contributed by atoms with Crippen LogP contribution in [0.5, 0.6) is 0 Å². The van der Waals surface area contributed by atoms with Crippen molar-refractivity contribution in [1.82, 2.24) is 10.6 Å². The van der Waals surface area contributed by atoms with Crippen molar-refractivity contribution in [2.45, 2.75) is 78.0 Å². The van der Waals surface area contributed by atoms with Crippen molar-refractivity contribution in [3.8, 4) is 0 Å². The second kappa shape index (κ2) is 7.13. The molecule has 0 atom stereocenters. The summed E-state index contributed by atoms with van der Waals surface area (Å²) in [6, 6.07) is 0.881. The number of hydrogen-bond acceptors (Lipinski definition) is 3. The van der Waals surface area contributed by atoms with Gasteiger partial charge in [-0.2, -0.15) is 0 Å². The maximum Gasteiger partial charge on any atom is 0.407 e. The van der Waals surface area contributed by atoms with Crippen LogP contribution in [0.3, 0.4) is 0 Å². The third kappa shape index (κ3) is 7.41. The van der Waals surface area contributed by atoms with Crippen LogP contribution in [0.2, 0.25) is 0 Å². The summed E-state index contributed by atoms with van der Waals surface area (Å²) in [6.45, 7) is 11.2. The van der Waals surface area contributed by atoms with E-state index in [1.54, 1.807) is 0 Å². The van der Waals surface area contributed by atoms with Crippen LogP contribution < -0.4 is 10.6 Å². The molecule has 0 unspecified atom stereocenters. The topological polar surface area (TPSA) is 50.4 Å². The monoisotopic (exact) mass is 270 g/mol. The van der Waals surface area contributed by atoms with Gasteiger partial charge >= 0.3 is 6.09 Å².